The fourth-order valence-electron chi connectivity index (χ4n) is 2.55. The number of methoxy groups -OCH3 is 1. The maximum atomic E-state index is 12.6. The van der Waals surface area contributed by atoms with Gasteiger partial charge in [-0.2, -0.15) is 5.26 Å². The molecule has 1 unspecified atom stereocenters. The summed E-state index contributed by atoms with van der Waals surface area (Å²) in [7, 11) is 1.62. The summed E-state index contributed by atoms with van der Waals surface area (Å²) in [6.07, 6.45) is 2.51. The van der Waals surface area contributed by atoms with E-state index in [0.717, 1.165) is 29.8 Å². The molecule has 1 amide bonds. The molecule has 2 aromatic rings. The summed E-state index contributed by atoms with van der Waals surface area (Å²) in [6.45, 7) is 4.51. The minimum absolute atomic E-state index is 0.0510. The van der Waals surface area contributed by atoms with Gasteiger partial charge in [-0.1, -0.05) is 44.2 Å². The first kappa shape index (κ1) is 20.8. The number of benzene rings is 1. The molecule has 0 fully saturated rings. The van der Waals surface area contributed by atoms with Crippen molar-refractivity contribution >= 4 is 17.7 Å². The summed E-state index contributed by atoms with van der Waals surface area (Å²) in [5, 5.41) is 12.7. The van der Waals surface area contributed by atoms with E-state index in [1.54, 1.807) is 13.2 Å². The fourth-order valence-corrected chi connectivity index (χ4v) is 3.59. The Morgan fingerprint density at radius 1 is 1.26 bits per heavy atom. The smallest absolute Gasteiger partial charge is 0.233 e. The van der Waals surface area contributed by atoms with Crippen LogP contribution in [0.2, 0.25) is 0 Å². The molecule has 0 aliphatic heterocycles. The summed E-state index contributed by atoms with van der Waals surface area (Å²) >= 11 is 1.36. The second kappa shape index (κ2) is 10.6. The topological polar surface area (TPSA) is 75.0 Å². The third kappa shape index (κ3) is 6.00. The molecule has 2 rings (SSSR count). The van der Waals surface area contributed by atoms with E-state index in [4.69, 9.17) is 4.74 Å². The molecule has 1 aromatic carbocycles. The van der Waals surface area contributed by atoms with Gasteiger partial charge in [-0.05, 0) is 42.7 Å². The predicted octanol–water partition coefficient (Wildman–Crippen LogP) is 4.10. The highest BCUT2D eigenvalue weighted by Gasteiger charge is 2.20. The molecule has 5 nitrogen and oxygen atoms in total. The minimum Gasteiger partial charge on any atom is -0.497 e. The Bertz CT molecular complexity index is 800. The lowest BCUT2D eigenvalue weighted by molar-refractivity contribution is -0.120. The fraction of sp³-hybridized carbons (Fsp3) is 0.381. The molecule has 0 aliphatic carbocycles. The highest BCUT2D eigenvalue weighted by Crippen LogP contribution is 2.27. The van der Waals surface area contributed by atoms with Crippen molar-refractivity contribution in [2.75, 3.05) is 7.11 Å². The van der Waals surface area contributed by atoms with Crippen LogP contribution in [0.1, 0.15) is 43.5 Å². The average molecular weight is 384 g/mol. The van der Waals surface area contributed by atoms with Crippen LogP contribution in [0.15, 0.2) is 41.4 Å². The third-order valence-electron chi connectivity index (χ3n) is 4.09. The van der Waals surface area contributed by atoms with Gasteiger partial charge in [0.25, 0.3) is 0 Å². The second-order valence-corrected chi connectivity index (χ2v) is 7.29. The van der Waals surface area contributed by atoms with Gasteiger partial charge < -0.3 is 10.1 Å². The lowest BCUT2D eigenvalue weighted by atomic mass is 10.2. The zero-order valence-electron chi connectivity index (χ0n) is 16.0. The Balaban J connectivity index is 2.04. The lowest BCUT2D eigenvalue weighted by Crippen LogP contribution is -2.32. The molecule has 0 saturated carbocycles. The van der Waals surface area contributed by atoms with E-state index in [2.05, 4.69) is 23.3 Å². The van der Waals surface area contributed by atoms with E-state index in [0.29, 0.717) is 23.6 Å². The van der Waals surface area contributed by atoms with Gasteiger partial charge in [-0.25, -0.2) is 4.98 Å². The maximum Gasteiger partial charge on any atom is 0.233 e. The lowest BCUT2D eigenvalue weighted by Gasteiger charge is -2.15. The standard InChI is InChI=1S/C21H25N3O2S/c1-4-6-17-10-9-16(13-22)21(24-17)27-19(5-2)20(25)23-14-15-7-11-18(26-3)12-8-15/h7-12,19H,4-6,14H2,1-3H3,(H,23,25). The van der Waals surface area contributed by atoms with E-state index in [9.17, 15) is 10.1 Å². The van der Waals surface area contributed by atoms with Gasteiger partial charge in [0.15, 0.2) is 0 Å². The van der Waals surface area contributed by atoms with Crippen molar-refractivity contribution < 1.29 is 9.53 Å². The number of carbonyl (C=O) groups excluding carboxylic acids is 1. The van der Waals surface area contributed by atoms with Gasteiger partial charge >= 0.3 is 0 Å². The molecule has 0 radical (unpaired) electrons. The molecule has 0 saturated heterocycles. The molecular formula is C21H25N3O2S. The number of aryl methyl sites for hydroxylation is 1. The summed E-state index contributed by atoms with van der Waals surface area (Å²) in [5.41, 5.74) is 2.47. The Hall–Kier alpha value is -2.52. The highest BCUT2D eigenvalue weighted by molar-refractivity contribution is 8.00. The molecule has 0 bridgehead atoms. The molecule has 27 heavy (non-hydrogen) atoms. The van der Waals surface area contributed by atoms with E-state index in [1.807, 2.05) is 37.3 Å². The predicted molar refractivity (Wildman–Crippen MR) is 108 cm³/mol. The zero-order valence-corrected chi connectivity index (χ0v) is 16.8. The third-order valence-corrected chi connectivity index (χ3v) is 5.45. The number of nitrogens with one attached hydrogen (secondary N) is 1. The van der Waals surface area contributed by atoms with Crippen LogP contribution in [0.5, 0.6) is 5.75 Å². The number of hydrogen-bond acceptors (Lipinski definition) is 5. The number of nitriles is 1. The van der Waals surface area contributed by atoms with E-state index >= 15 is 0 Å². The normalized spacial score (nSPS) is 11.5. The monoisotopic (exact) mass is 383 g/mol. The van der Waals surface area contributed by atoms with Crippen LogP contribution in [0.25, 0.3) is 0 Å². The minimum atomic E-state index is -0.292. The number of carbonyl (C=O) groups is 1. The molecule has 142 valence electrons. The van der Waals surface area contributed by atoms with Gasteiger partial charge in [0, 0.05) is 12.2 Å². The summed E-state index contributed by atoms with van der Waals surface area (Å²) in [6, 6.07) is 13.5. The first-order valence-corrected chi connectivity index (χ1v) is 9.96. The van der Waals surface area contributed by atoms with Crippen molar-refractivity contribution in [3.8, 4) is 11.8 Å². The molecular weight excluding hydrogens is 358 g/mol. The number of amides is 1. The van der Waals surface area contributed by atoms with Gasteiger partial charge in [-0.3, -0.25) is 4.79 Å². The van der Waals surface area contributed by atoms with Crippen LogP contribution in [-0.2, 0) is 17.8 Å². The molecule has 1 atom stereocenters. The summed E-state index contributed by atoms with van der Waals surface area (Å²) in [4.78, 5) is 17.2. The van der Waals surface area contributed by atoms with Crippen LogP contribution in [0, 0.1) is 11.3 Å². The second-order valence-electron chi connectivity index (χ2n) is 6.10. The molecule has 0 spiro atoms. The number of aromatic nitrogens is 1. The van der Waals surface area contributed by atoms with Crippen molar-refractivity contribution in [1.82, 2.24) is 10.3 Å². The molecule has 6 heteroatoms. The van der Waals surface area contributed by atoms with Crippen LogP contribution in [-0.4, -0.2) is 23.3 Å². The highest BCUT2D eigenvalue weighted by atomic mass is 32.2. The number of hydrogen-bond donors (Lipinski definition) is 1. The number of nitrogens with zero attached hydrogens (tertiary/aromatic N) is 2. The van der Waals surface area contributed by atoms with Crippen molar-refractivity contribution in [2.45, 2.75) is 49.9 Å². The van der Waals surface area contributed by atoms with Crippen molar-refractivity contribution in [1.29, 1.82) is 5.26 Å². The van der Waals surface area contributed by atoms with E-state index in [1.165, 1.54) is 11.8 Å². The zero-order chi connectivity index (χ0) is 19.6. The molecule has 1 heterocycles. The quantitative estimate of drug-likeness (QED) is 0.660. The van der Waals surface area contributed by atoms with Gasteiger partial charge in [0.1, 0.15) is 16.8 Å². The largest absolute Gasteiger partial charge is 0.497 e. The SMILES string of the molecule is CCCc1ccc(C#N)c(SC(CC)C(=O)NCc2ccc(OC)cc2)n1. The van der Waals surface area contributed by atoms with Crippen molar-refractivity contribution in [3.63, 3.8) is 0 Å². The summed E-state index contributed by atoms with van der Waals surface area (Å²) < 4.78 is 5.14. The average Bonchev–Trinajstić information content (AvgIpc) is 2.71. The first-order valence-electron chi connectivity index (χ1n) is 9.08. The van der Waals surface area contributed by atoms with Crippen LogP contribution < -0.4 is 10.1 Å². The van der Waals surface area contributed by atoms with Gasteiger partial charge in [0.05, 0.1) is 17.9 Å². The van der Waals surface area contributed by atoms with Gasteiger partial charge in [0.2, 0.25) is 5.91 Å². The van der Waals surface area contributed by atoms with E-state index < -0.39 is 0 Å². The Labute approximate surface area is 165 Å². The van der Waals surface area contributed by atoms with Crippen LogP contribution >= 0.6 is 11.8 Å². The molecule has 0 aliphatic rings. The van der Waals surface area contributed by atoms with Crippen molar-refractivity contribution in [2.24, 2.45) is 0 Å². The molecule has 1 aromatic heterocycles. The Morgan fingerprint density at radius 3 is 2.59 bits per heavy atom. The number of pyridine rings is 1. The number of ether oxygens (including phenoxy) is 1. The Morgan fingerprint density at radius 2 is 2.00 bits per heavy atom. The summed E-state index contributed by atoms with van der Waals surface area (Å²) in [5.74, 6) is 0.735. The van der Waals surface area contributed by atoms with Crippen LogP contribution in [0.3, 0.4) is 0 Å². The maximum absolute atomic E-state index is 12.6. The Kier molecular flexibility index (Phi) is 8.15. The van der Waals surface area contributed by atoms with Crippen molar-refractivity contribution in [3.05, 3.63) is 53.2 Å². The van der Waals surface area contributed by atoms with Crippen LogP contribution in [0.4, 0.5) is 0 Å². The first-order chi connectivity index (χ1) is 13.1. The number of thioether (sulfide) groups is 1. The molecule has 1 N–H and O–H groups in total. The number of rotatable bonds is 9. The van der Waals surface area contributed by atoms with Gasteiger partial charge in [-0.15, -0.1) is 0 Å². The van der Waals surface area contributed by atoms with E-state index in [-0.39, 0.29) is 11.2 Å².